The molecule has 6 nitrogen and oxygen atoms in total. The van der Waals surface area contributed by atoms with Crippen LogP contribution in [0.25, 0.3) is 0 Å². The zero-order valence-electron chi connectivity index (χ0n) is 11.2. The molecule has 0 saturated heterocycles. The van der Waals surface area contributed by atoms with Crippen LogP contribution in [-0.4, -0.2) is 44.2 Å². The number of benzene rings is 1. The minimum Gasteiger partial charge on any atom is -0.496 e. The molecule has 1 rings (SSSR count). The molecule has 0 fully saturated rings. The monoisotopic (exact) mass is 266 g/mol. The predicted molar refractivity (Wildman–Crippen MR) is 70.6 cm³/mol. The van der Waals surface area contributed by atoms with E-state index < -0.39 is 12.0 Å². The van der Waals surface area contributed by atoms with Gasteiger partial charge in [-0.25, -0.2) is 0 Å². The Morgan fingerprint density at radius 1 is 1.37 bits per heavy atom. The second-order valence-corrected chi connectivity index (χ2v) is 4.00. The minimum absolute atomic E-state index is 0.244. The summed E-state index contributed by atoms with van der Waals surface area (Å²) in [7, 11) is 4.60. The topological polar surface area (TPSA) is 87.7 Å². The summed E-state index contributed by atoms with van der Waals surface area (Å²) >= 11 is 0. The quantitative estimate of drug-likeness (QED) is 0.688. The summed E-state index contributed by atoms with van der Waals surface area (Å²) < 4.78 is 5.16. The van der Waals surface area contributed by atoms with Crippen molar-refractivity contribution in [2.24, 2.45) is 0 Å². The van der Waals surface area contributed by atoms with Crippen molar-refractivity contribution in [3.63, 3.8) is 0 Å². The average Bonchev–Trinajstić information content (AvgIpc) is 2.43. The van der Waals surface area contributed by atoms with E-state index in [0.29, 0.717) is 17.7 Å². The van der Waals surface area contributed by atoms with Crippen LogP contribution in [0.2, 0.25) is 0 Å². The Balaban J connectivity index is 3.00. The van der Waals surface area contributed by atoms with E-state index in [2.05, 4.69) is 10.6 Å². The molecule has 0 aliphatic rings. The largest absolute Gasteiger partial charge is 0.496 e. The maximum Gasteiger partial charge on any atom is 0.321 e. The van der Waals surface area contributed by atoms with Crippen molar-refractivity contribution in [2.75, 3.05) is 21.2 Å². The van der Waals surface area contributed by atoms with Gasteiger partial charge in [0.1, 0.15) is 11.8 Å². The zero-order valence-corrected chi connectivity index (χ0v) is 11.2. The Morgan fingerprint density at radius 2 is 2.05 bits per heavy atom. The first-order chi connectivity index (χ1) is 9.03. The van der Waals surface area contributed by atoms with Crippen molar-refractivity contribution >= 4 is 11.9 Å². The van der Waals surface area contributed by atoms with Crippen LogP contribution in [0.4, 0.5) is 0 Å². The van der Waals surface area contributed by atoms with E-state index in [1.165, 1.54) is 14.2 Å². The van der Waals surface area contributed by atoms with Gasteiger partial charge in [0.2, 0.25) is 0 Å². The fourth-order valence-corrected chi connectivity index (χ4v) is 1.73. The fourth-order valence-electron chi connectivity index (χ4n) is 1.73. The van der Waals surface area contributed by atoms with E-state index in [1.54, 1.807) is 25.2 Å². The number of amides is 1. The average molecular weight is 266 g/mol. The number of carbonyl (C=O) groups is 2. The molecule has 0 heterocycles. The lowest BCUT2D eigenvalue weighted by Gasteiger charge is -2.13. The number of ether oxygens (including phenoxy) is 1. The van der Waals surface area contributed by atoms with Crippen molar-refractivity contribution < 1.29 is 19.4 Å². The molecule has 0 aromatic heterocycles. The first kappa shape index (κ1) is 15.0. The van der Waals surface area contributed by atoms with Gasteiger partial charge in [-0.15, -0.1) is 0 Å². The first-order valence-electron chi connectivity index (χ1n) is 5.82. The third-order valence-electron chi connectivity index (χ3n) is 2.82. The van der Waals surface area contributed by atoms with Gasteiger partial charge in [0.15, 0.2) is 0 Å². The molecule has 1 atom stereocenters. The number of hydrogen-bond donors (Lipinski definition) is 3. The number of likely N-dealkylation sites (N-methyl/N-ethyl adjacent to an activating group) is 1. The number of methoxy groups -OCH3 is 1. The molecule has 1 aromatic rings. The molecule has 0 aliphatic carbocycles. The first-order valence-corrected chi connectivity index (χ1v) is 5.82. The molecule has 1 amide bonds. The molecule has 104 valence electrons. The van der Waals surface area contributed by atoms with Crippen molar-refractivity contribution in [3.05, 3.63) is 29.3 Å². The van der Waals surface area contributed by atoms with E-state index in [9.17, 15) is 9.59 Å². The van der Waals surface area contributed by atoms with Gasteiger partial charge in [-0.1, -0.05) is 6.07 Å². The van der Waals surface area contributed by atoms with E-state index in [-0.39, 0.29) is 5.91 Å². The van der Waals surface area contributed by atoms with Gasteiger partial charge < -0.3 is 20.5 Å². The van der Waals surface area contributed by atoms with Crippen LogP contribution >= 0.6 is 0 Å². The summed E-state index contributed by atoms with van der Waals surface area (Å²) in [6.07, 6.45) is 0.316. The number of rotatable bonds is 6. The summed E-state index contributed by atoms with van der Waals surface area (Å²) in [5.41, 5.74) is 1.20. The van der Waals surface area contributed by atoms with E-state index >= 15 is 0 Å². The van der Waals surface area contributed by atoms with Gasteiger partial charge in [-0.3, -0.25) is 9.59 Å². The Kier molecular flexibility index (Phi) is 5.32. The van der Waals surface area contributed by atoms with Gasteiger partial charge in [0.05, 0.1) is 12.7 Å². The standard InChI is InChI=1S/C13H18N2O4/c1-14-10(13(17)18)6-8-4-5-9(12(16)15-2)11(7-8)19-3/h4-5,7,10,14H,6H2,1-3H3,(H,15,16)(H,17,18)/t10-/m0/s1. The molecule has 0 spiro atoms. The summed E-state index contributed by atoms with van der Waals surface area (Å²) in [5, 5.41) is 14.2. The molecule has 0 aliphatic heterocycles. The van der Waals surface area contributed by atoms with Crippen molar-refractivity contribution in [3.8, 4) is 5.75 Å². The molecule has 19 heavy (non-hydrogen) atoms. The van der Waals surface area contributed by atoms with Crippen molar-refractivity contribution in [2.45, 2.75) is 12.5 Å². The Hall–Kier alpha value is -2.08. The van der Waals surface area contributed by atoms with E-state index in [0.717, 1.165) is 5.56 Å². The lowest BCUT2D eigenvalue weighted by atomic mass is 10.0. The van der Waals surface area contributed by atoms with Crippen LogP contribution in [0, 0.1) is 0 Å². The molecule has 0 bridgehead atoms. The minimum atomic E-state index is -0.920. The van der Waals surface area contributed by atoms with E-state index in [4.69, 9.17) is 9.84 Å². The molecule has 0 saturated carbocycles. The molecular weight excluding hydrogens is 248 g/mol. The van der Waals surface area contributed by atoms with Crippen LogP contribution in [0.1, 0.15) is 15.9 Å². The molecule has 0 unspecified atom stereocenters. The number of carboxylic acids is 1. The Labute approximate surface area is 111 Å². The summed E-state index contributed by atoms with van der Waals surface area (Å²) in [5.74, 6) is -0.735. The second kappa shape index (κ2) is 6.75. The van der Waals surface area contributed by atoms with Crippen LogP contribution in [0.5, 0.6) is 5.75 Å². The Morgan fingerprint density at radius 3 is 2.53 bits per heavy atom. The highest BCUT2D eigenvalue weighted by Gasteiger charge is 2.17. The van der Waals surface area contributed by atoms with Gasteiger partial charge in [0.25, 0.3) is 5.91 Å². The number of carbonyl (C=O) groups excluding carboxylic acids is 1. The second-order valence-electron chi connectivity index (χ2n) is 4.00. The normalized spacial score (nSPS) is 11.7. The third kappa shape index (κ3) is 3.69. The molecule has 6 heteroatoms. The molecule has 1 aromatic carbocycles. The number of carboxylic acid groups (broad SMARTS) is 1. The van der Waals surface area contributed by atoms with Crippen molar-refractivity contribution in [1.29, 1.82) is 0 Å². The maximum atomic E-state index is 11.6. The van der Waals surface area contributed by atoms with Gasteiger partial charge in [-0.2, -0.15) is 0 Å². The van der Waals surface area contributed by atoms with Crippen molar-refractivity contribution in [1.82, 2.24) is 10.6 Å². The van der Waals surface area contributed by atoms with Gasteiger partial charge in [-0.05, 0) is 31.2 Å². The SMILES string of the molecule is CNC(=O)c1ccc(C[C@H](NC)C(=O)O)cc1OC. The summed E-state index contributed by atoms with van der Waals surface area (Å²) in [6.45, 7) is 0. The summed E-state index contributed by atoms with van der Waals surface area (Å²) in [6, 6.07) is 4.36. The summed E-state index contributed by atoms with van der Waals surface area (Å²) in [4.78, 5) is 22.5. The van der Waals surface area contributed by atoms with Crippen LogP contribution in [-0.2, 0) is 11.2 Å². The van der Waals surface area contributed by atoms with Gasteiger partial charge >= 0.3 is 5.97 Å². The van der Waals surface area contributed by atoms with Crippen LogP contribution < -0.4 is 15.4 Å². The fraction of sp³-hybridized carbons (Fsp3) is 0.385. The number of hydrogen-bond acceptors (Lipinski definition) is 4. The highest BCUT2D eigenvalue weighted by atomic mass is 16.5. The lowest BCUT2D eigenvalue weighted by molar-refractivity contribution is -0.139. The molecular formula is C13H18N2O4. The van der Waals surface area contributed by atoms with E-state index in [1.807, 2.05) is 0 Å². The highest BCUT2D eigenvalue weighted by molar-refractivity contribution is 5.96. The predicted octanol–water partition coefficient (Wildman–Crippen LogP) is 0.270. The molecule has 0 radical (unpaired) electrons. The lowest BCUT2D eigenvalue weighted by Crippen LogP contribution is -2.35. The zero-order chi connectivity index (χ0) is 14.4. The van der Waals surface area contributed by atoms with Crippen LogP contribution in [0.15, 0.2) is 18.2 Å². The smallest absolute Gasteiger partial charge is 0.321 e. The molecule has 3 N–H and O–H groups in total. The number of nitrogens with one attached hydrogen (secondary N) is 2. The third-order valence-corrected chi connectivity index (χ3v) is 2.82. The van der Waals surface area contributed by atoms with Gasteiger partial charge in [0, 0.05) is 7.05 Å². The van der Waals surface area contributed by atoms with Crippen LogP contribution in [0.3, 0.4) is 0 Å². The Bertz CT molecular complexity index is 474. The maximum absolute atomic E-state index is 11.6. The number of aliphatic carboxylic acids is 1. The highest BCUT2D eigenvalue weighted by Crippen LogP contribution is 2.21.